The zero-order valence-electron chi connectivity index (χ0n) is 10.4. The Labute approximate surface area is 129 Å². The number of carboxylic acid groups (broad SMARTS) is 1. The Morgan fingerprint density at radius 2 is 2.00 bits per heavy atom. The van der Waals surface area contributed by atoms with Crippen molar-refractivity contribution in [3.8, 4) is 16.9 Å². The maximum absolute atomic E-state index is 10.9. The predicted molar refractivity (Wildman–Crippen MR) is 79.3 cm³/mol. The fourth-order valence-corrected chi connectivity index (χ4v) is 2.48. The smallest absolute Gasteiger partial charge is 0.356 e. The molecule has 0 saturated carbocycles. The van der Waals surface area contributed by atoms with Crippen LogP contribution in [-0.2, 0) is 0 Å². The highest BCUT2D eigenvalue weighted by molar-refractivity contribution is 6.44. The minimum atomic E-state index is -1.11. The second-order valence-corrected chi connectivity index (χ2v) is 5.15. The number of fused-ring (bicyclic) bond motifs is 1. The summed E-state index contributed by atoms with van der Waals surface area (Å²) < 4.78 is 1.57. The molecule has 0 bridgehead atoms. The lowest BCUT2D eigenvalue weighted by Gasteiger charge is -2.09. The largest absolute Gasteiger partial charge is 0.507 e. The first kappa shape index (κ1) is 13.7. The standard InChI is InChI=1S/C14H8Cl2N2O3/c15-8-1-2-10(19)12(13(8)16)7-3-4-18-6-9(14(20)21)17-11(18)5-7/h1-6,19H,(H,20,21). The van der Waals surface area contributed by atoms with Gasteiger partial charge in [-0.1, -0.05) is 23.2 Å². The molecule has 0 saturated heterocycles. The highest BCUT2D eigenvalue weighted by Gasteiger charge is 2.14. The van der Waals surface area contributed by atoms with E-state index in [0.29, 0.717) is 21.8 Å². The van der Waals surface area contributed by atoms with E-state index < -0.39 is 5.97 Å². The number of aromatic nitrogens is 2. The molecule has 0 fully saturated rings. The van der Waals surface area contributed by atoms with E-state index in [1.807, 2.05) is 0 Å². The first-order chi connectivity index (χ1) is 9.97. The van der Waals surface area contributed by atoms with Crippen molar-refractivity contribution in [2.45, 2.75) is 0 Å². The van der Waals surface area contributed by atoms with E-state index in [4.69, 9.17) is 28.3 Å². The number of hydrogen-bond acceptors (Lipinski definition) is 3. The van der Waals surface area contributed by atoms with Gasteiger partial charge >= 0.3 is 5.97 Å². The fraction of sp³-hybridized carbons (Fsp3) is 0. The van der Waals surface area contributed by atoms with Gasteiger partial charge in [0.2, 0.25) is 0 Å². The number of halogens is 2. The molecule has 2 N–H and O–H groups in total. The zero-order valence-corrected chi connectivity index (χ0v) is 11.9. The molecule has 0 atom stereocenters. The molecule has 5 nitrogen and oxygen atoms in total. The molecule has 3 aromatic rings. The fourth-order valence-electron chi connectivity index (χ4n) is 2.06. The molecule has 0 amide bonds. The molecule has 2 aromatic heterocycles. The summed E-state index contributed by atoms with van der Waals surface area (Å²) >= 11 is 12.1. The van der Waals surface area contributed by atoms with E-state index in [9.17, 15) is 9.90 Å². The van der Waals surface area contributed by atoms with Gasteiger partial charge in [-0.2, -0.15) is 0 Å². The summed E-state index contributed by atoms with van der Waals surface area (Å²) in [5.74, 6) is -1.12. The Morgan fingerprint density at radius 1 is 1.24 bits per heavy atom. The molecule has 21 heavy (non-hydrogen) atoms. The normalized spacial score (nSPS) is 11.0. The SMILES string of the molecule is O=C(O)c1cn2ccc(-c3c(O)ccc(Cl)c3Cl)cc2n1. The van der Waals surface area contributed by atoms with Gasteiger partial charge < -0.3 is 14.6 Å². The van der Waals surface area contributed by atoms with E-state index in [0.717, 1.165) is 0 Å². The van der Waals surface area contributed by atoms with Gasteiger partial charge in [-0.25, -0.2) is 9.78 Å². The number of hydrogen-bond donors (Lipinski definition) is 2. The molecular weight excluding hydrogens is 315 g/mol. The monoisotopic (exact) mass is 322 g/mol. The minimum absolute atomic E-state index is 0.0150. The molecule has 1 aromatic carbocycles. The number of carbonyl (C=O) groups is 1. The molecule has 0 unspecified atom stereocenters. The van der Waals surface area contributed by atoms with E-state index in [1.54, 1.807) is 22.7 Å². The van der Waals surface area contributed by atoms with E-state index in [2.05, 4.69) is 4.98 Å². The Morgan fingerprint density at radius 3 is 2.71 bits per heavy atom. The maximum Gasteiger partial charge on any atom is 0.356 e. The molecular formula is C14H8Cl2N2O3. The van der Waals surface area contributed by atoms with Crippen LogP contribution in [0.1, 0.15) is 10.5 Å². The molecule has 0 aliphatic heterocycles. The van der Waals surface area contributed by atoms with Gasteiger partial charge in [0.15, 0.2) is 5.69 Å². The third-order valence-corrected chi connectivity index (χ3v) is 3.85. The first-order valence-electron chi connectivity index (χ1n) is 5.87. The van der Waals surface area contributed by atoms with Crippen LogP contribution < -0.4 is 0 Å². The lowest BCUT2D eigenvalue weighted by atomic mass is 10.1. The zero-order chi connectivity index (χ0) is 15.1. The quantitative estimate of drug-likeness (QED) is 0.754. The van der Waals surface area contributed by atoms with Crippen LogP contribution in [0, 0.1) is 0 Å². The van der Waals surface area contributed by atoms with Crippen LogP contribution in [0.25, 0.3) is 16.8 Å². The molecule has 2 heterocycles. The number of aromatic hydroxyl groups is 1. The van der Waals surface area contributed by atoms with E-state index in [1.165, 1.54) is 18.3 Å². The summed E-state index contributed by atoms with van der Waals surface area (Å²) in [6.07, 6.45) is 3.04. The minimum Gasteiger partial charge on any atom is -0.507 e. The number of carboxylic acids is 1. The van der Waals surface area contributed by atoms with Gasteiger partial charge in [-0.15, -0.1) is 0 Å². The number of nitrogens with zero attached hydrogens (tertiary/aromatic N) is 2. The highest BCUT2D eigenvalue weighted by Crippen LogP contribution is 2.40. The van der Waals surface area contributed by atoms with Crippen LogP contribution in [0.4, 0.5) is 0 Å². The maximum atomic E-state index is 10.9. The second kappa shape index (κ2) is 4.95. The van der Waals surface area contributed by atoms with Crippen molar-refractivity contribution >= 4 is 34.8 Å². The van der Waals surface area contributed by atoms with Crippen molar-refractivity contribution in [3.63, 3.8) is 0 Å². The molecule has 0 radical (unpaired) electrons. The van der Waals surface area contributed by atoms with Gasteiger partial charge in [-0.3, -0.25) is 0 Å². The summed E-state index contributed by atoms with van der Waals surface area (Å²) in [6.45, 7) is 0. The topological polar surface area (TPSA) is 74.8 Å². The van der Waals surface area contributed by atoms with Crippen LogP contribution in [0.15, 0.2) is 36.7 Å². The lowest BCUT2D eigenvalue weighted by Crippen LogP contribution is -1.94. The van der Waals surface area contributed by atoms with Crippen LogP contribution in [-0.4, -0.2) is 25.6 Å². The van der Waals surface area contributed by atoms with Crippen LogP contribution in [0.5, 0.6) is 5.75 Å². The average Bonchev–Trinajstić information content (AvgIpc) is 2.87. The number of phenolic OH excluding ortho intramolecular Hbond substituents is 1. The van der Waals surface area contributed by atoms with Crippen molar-refractivity contribution in [2.75, 3.05) is 0 Å². The summed E-state index contributed by atoms with van der Waals surface area (Å²) in [5.41, 5.74) is 1.34. The highest BCUT2D eigenvalue weighted by atomic mass is 35.5. The van der Waals surface area contributed by atoms with Gasteiger partial charge in [0.25, 0.3) is 0 Å². The summed E-state index contributed by atoms with van der Waals surface area (Å²) in [6, 6.07) is 6.27. The number of rotatable bonds is 2. The molecule has 7 heteroatoms. The predicted octanol–water partition coefficient (Wildman–Crippen LogP) is 3.71. The number of benzene rings is 1. The Hall–Kier alpha value is -2.24. The van der Waals surface area contributed by atoms with Gasteiger partial charge in [0.1, 0.15) is 11.4 Å². The molecule has 3 rings (SSSR count). The summed E-state index contributed by atoms with van der Waals surface area (Å²) in [4.78, 5) is 14.9. The van der Waals surface area contributed by atoms with Crippen molar-refractivity contribution in [2.24, 2.45) is 0 Å². The van der Waals surface area contributed by atoms with E-state index in [-0.39, 0.29) is 16.5 Å². The number of imidazole rings is 1. The molecule has 0 aliphatic rings. The van der Waals surface area contributed by atoms with Gasteiger partial charge in [0, 0.05) is 18.0 Å². The van der Waals surface area contributed by atoms with Gasteiger partial charge in [-0.05, 0) is 29.8 Å². The van der Waals surface area contributed by atoms with Crippen LogP contribution in [0.3, 0.4) is 0 Å². The van der Waals surface area contributed by atoms with Crippen LogP contribution >= 0.6 is 23.2 Å². The lowest BCUT2D eigenvalue weighted by molar-refractivity contribution is 0.0691. The third kappa shape index (κ3) is 2.30. The molecule has 0 aliphatic carbocycles. The van der Waals surface area contributed by atoms with Crippen LogP contribution in [0.2, 0.25) is 10.0 Å². The Balaban J connectivity index is 2.22. The average molecular weight is 323 g/mol. The summed E-state index contributed by atoms with van der Waals surface area (Å²) in [7, 11) is 0. The van der Waals surface area contributed by atoms with Crippen molar-refractivity contribution in [1.29, 1.82) is 0 Å². The first-order valence-corrected chi connectivity index (χ1v) is 6.62. The van der Waals surface area contributed by atoms with Gasteiger partial charge in [0.05, 0.1) is 10.0 Å². The van der Waals surface area contributed by atoms with Crippen molar-refractivity contribution in [1.82, 2.24) is 9.38 Å². The van der Waals surface area contributed by atoms with Crippen molar-refractivity contribution < 1.29 is 15.0 Å². The molecule has 106 valence electrons. The molecule has 0 spiro atoms. The number of aromatic carboxylic acids is 1. The number of pyridine rings is 1. The Kier molecular flexibility index (Phi) is 3.23. The Bertz CT molecular complexity index is 874. The third-order valence-electron chi connectivity index (χ3n) is 3.04. The summed E-state index contributed by atoms with van der Waals surface area (Å²) in [5, 5.41) is 19.5. The second-order valence-electron chi connectivity index (χ2n) is 4.37. The van der Waals surface area contributed by atoms with Crippen molar-refractivity contribution in [3.05, 3.63) is 52.4 Å². The van der Waals surface area contributed by atoms with E-state index >= 15 is 0 Å². The number of phenols is 1.